The lowest BCUT2D eigenvalue weighted by atomic mass is 10.2. The summed E-state index contributed by atoms with van der Waals surface area (Å²) >= 11 is 0. The average molecular weight is 421 g/mol. The van der Waals surface area contributed by atoms with Gasteiger partial charge in [-0.05, 0) is 31.8 Å². The third-order valence-corrected chi connectivity index (χ3v) is 6.32. The third-order valence-electron chi connectivity index (χ3n) is 6.32. The molecule has 0 aromatic rings. The minimum absolute atomic E-state index is 0.134. The van der Waals surface area contributed by atoms with Crippen LogP contribution in [0.1, 0.15) is 26.7 Å². The minimum Gasteiger partial charge on any atom is -0.325 e. The van der Waals surface area contributed by atoms with Crippen LogP contribution in [0.5, 0.6) is 0 Å². The third kappa shape index (κ3) is 4.05. The van der Waals surface area contributed by atoms with Gasteiger partial charge in [-0.3, -0.25) is 19.5 Å². The van der Waals surface area contributed by atoms with E-state index >= 15 is 0 Å². The molecule has 3 rings (SSSR count). The Morgan fingerprint density at radius 3 is 2.33 bits per heavy atom. The van der Waals surface area contributed by atoms with Crippen LogP contribution in [0, 0.1) is 0 Å². The summed E-state index contributed by atoms with van der Waals surface area (Å²) in [6.07, 6.45) is 1.66. The summed E-state index contributed by atoms with van der Waals surface area (Å²) in [6.45, 7) is 9.67. The Hall–Kier alpha value is -2.49. The normalized spacial score (nSPS) is 22.6. The number of aliphatic imine (C=N–C) groups is 1. The number of imide groups is 1. The molecule has 3 aliphatic heterocycles. The molecule has 0 aromatic heterocycles. The predicted molar refractivity (Wildman–Crippen MR) is 114 cm³/mol. The van der Waals surface area contributed by atoms with Crippen molar-refractivity contribution < 1.29 is 19.0 Å². The highest BCUT2D eigenvalue weighted by Crippen LogP contribution is 2.19. The van der Waals surface area contributed by atoms with Crippen molar-refractivity contribution in [3.05, 3.63) is 0 Å². The molecule has 30 heavy (non-hydrogen) atoms. The first-order valence-corrected chi connectivity index (χ1v) is 10.8. The van der Waals surface area contributed by atoms with E-state index in [0.29, 0.717) is 5.84 Å². The number of carbonyl (C=O) groups excluding carboxylic acids is 3. The van der Waals surface area contributed by atoms with Crippen LogP contribution in [0.25, 0.3) is 0 Å². The highest BCUT2D eigenvalue weighted by molar-refractivity contribution is 6.22. The molecule has 5 amide bonds. The molecule has 3 aliphatic rings. The van der Waals surface area contributed by atoms with E-state index in [0.717, 1.165) is 69.4 Å². The van der Waals surface area contributed by atoms with Crippen LogP contribution in [-0.4, -0.2) is 132 Å². The van der Waals surface area contributed by atoms with Crippen LogP contribution in [0.4, 0.5) is 9.59 Å². The van der Waals surface area contributed by atoms with E-state index in [9.17, 15) is 14.4 Å². The van der Waals surface area contributed by atoms with Crippen molar-refractivity contribution >= 4 is 29.6 Å². The van der Waals surface area contributed by atoms with Crippen molar-refractivity contribution in [1.82, 2.24) is 24.5 Å². The van der Waals surface area contributed by atoms with Gasteiger partial charge in [0.25, 0.3) is 23.6 Å². The molecule has 166 valence electrons. The second-order valence-corrected chi connectivity index (χ2v) is 8.03. The Balaban J connectivity index is 1.50. The molecule has 0 saturated carbocycles. The molecule has 0 aromatic carbocycles. The quantitative estimate of drug-likeness (QED) is 0.575. The second kappa shape index (κ2) is 9.11. The molecule has 0 radical (unpaired) electrons. The van der Waals surface area contributed by atoms with Crippen LogP contribution in [0.3, 0.4) is 0 Å². The number of carbonyl (C=O) groups is 3. The van der Waals surface area contributed by atoms with Crippen molar-refractivity contribution in [2.24, 2.45) is 4.99 Å². The van der Waals surface area contributed by atoms with Crippen LogP contribution in [0.15, 0.2) is 4.99 Å². The summed E-state index contributed by atoms with van der Waals surface area (Å²) in [7, 11) is 5.03. The molecule has 10 heteroatoms. The van der Waals surface area contributed by atoms with E-state index in [4.69, 9.17) is 0 Å². The number of likely N-dealkylation sites (N-methyl/N-ethyl adjacent to an activating group) is 3. The first kappa shape index (κ1) is 22.2. The van der Waals surface area contributed by atoms with Gasteiger partial charge in [-0.2, -0.15) is 0 Å². The van der Waals surface area contributed by atoms with Crippen LogP contribution >= 0.6 is 0 Å². The molecule has 10 nitrogen and oxygen atoms in total. The van der Waals surface area contributed by atoms with Crippen molar-refractivity contribution in [2.45, 2.75) is 32.7 Å². The highest BCUT2D eigenvalue weighted by atomic mass is 16.2. The molecule has 0 N–H and O–H groups in total. The topological polar surface area (TPSA) is 82.8 Å². The molecule has 1 unspecified atom stereocenters. The van der Waals surface area contributed by atoms with Gasteiger partial charge in [-0.15, -0.1) is 0 Å². The number of fused-ring (bicyclic) bond motifs is 1. The minimum atomic E-state index is -0.512. The monoisotopic (exact) mass is 420 g/mol. The van der Waals surface area contributed by atoms with Gasteiger partial charge < -0.3 is 9.80 Å². The van der Waals surface area contributed by atoms with Gasteiger partial charge in [0.2, 0.25) is 0 Å². The molecular formula is C20H34N7O3+. The summed E-state index contributed by atoms with van der Waals surface area (Å²) in [6, 6.07) is -0.723. The Kier molecular flexibility index (Phi) is 6.74. The summed E-state index contributed by atoms with van der Waals surface area (Å²) < 4.78 is 1.89. The van der Waals surface area contributed by atoms with Gasteiger partial charge in [0.1, 0.15) is 0 Å². The molecule has 0 aliphatic carbocycles. The predicted octanol–water partition coefficient (Wildman–Crippen LogP) is 0.191. The molecule has 0 bridgehead atoms. The van der Waals surface area contributed by atoms with E-state index in [-0.39, 0.29) is 18.0 Å². The highest BCUT2D eigenvalue weighted by Gasteiger charge is 2.51. The summed E-state index contributed by atoms with van der Waals surface area (Å²) in [5.41, 5.74) is 0. The number of piperazine rings is 1. The summed E-state index contributed by atoms with van der Waals surface area (Å²) in [4.78, 5) is 50.5. The Morgan fingerprint density at radius 2 is 1.73 bits per heavy atom. The van der Waals surface area contributed by atoms with Crippen LogP contribution < -0.4 is 0 Å². The molecule has 0 spiro atoms. The first-order chi connectivity index (χ1) is 14.3. The number of nitrogens with zero attached hydrogens (tertiary/aromatic N) is 7. The molecule has 1 atom stereocenters. The van der Waals surface area contributed by atoms with E-state index in [1.165, 1.54) is 11.9 Å². The van der Waals surface area contributed by atoms with E-state index in [1.807, 2.05) is 35.3 Å². The zero-order valence-corrected chi connectivity index (χ0v) is 18.8. The van der Waals surface area contributed by atoms with E-state index in [2.05, 4.69) is 9.89 Å². The van der Waals surface area contributed by atoms with Gasteiger partial charge in [-0.1, -0.05) is 0 Å². The molecule has 2 saturated heterocycles. The maximum atomic E-state index is 12.5. The van der Waals surface area contributed by atoms with Crippen molar-refractivity contribution in [3.63, 3.8) is 0 Å². The Labute approximate surface area is 178 Å². The molecule has 2 fully saturated rings. The smallest absolute Gasteiger partial charge is 0.325 e. The number of hydrogen-bond donors (Lipinski definition) is 0. The SMILES string of the molecule is CCN(CC)C(=O)N1CCN(CCCC2=[N+](C)C3C(=O)N(C)C(=O)N(C)C3=N2)CC1. The van der Waals surface area contributed by atoms with Gasteiger partial charge in [0.15, 0.2) is 0 Å². The fourth-order valence-electron chi connectivity index (χ4n) is 4.28. The summed E-state index contributed by atoms with van der Waals surface area (Å²) in [5, 5.41) is 0. The Morgan fingerprint density at radius 1 is 1.10 bits per heavy atom. The zero-order valence-electron chi connectivity index (χ0n) is 18.8. The summed E-state index contributed by atoms with van der Waals surface area (Å²) in [5.74, 6) is 1.13. The largest absolute Gasteiger partial charge is 0.333 e. The molecule has 3 heterocycles. The van der Waals surface area contributed by atoms with Gasteiger partial charge in [0.05, 0.1) is 13.5 Å². The standard InChI is InChI=1S/C20H34N7O3/c1-6-26(7-2)20(30)27-13-11-25(12-14-27)10-8-9-15-21-17-16(22(15)3)18(28)24(5)19(29)23(17)4/h16H,6-14H2,1-5H3/q+1. The molecular weight excluding hydrogens is 386 g/mol. The van der Waals surface area contributed by atoms with Gasteiger partial charge in [-0.25, -0.2) is 14.2 Å². The van der Waals surface area contributed by atoms with Crippen LogP contribution in [-0.2, 0) is 4.79 Å². The number of urea groups is 2. The van der Waals surface area contributed by atoms with Gasteiger partial charge in [0, 0.05) is 53.4 Å². The number of amidine groups is 2. The fourth-order valence-corrected chi connectivity index (χ4v) is 4.28. The maximum absolute atomic E-state index is 12.5. The first-order valence-electron chi connectivity index (χ1n) is 10.8. The maximum Gasteiger partial charge on any atom is 0.333 e. The second-order valence-electron chi connectivity index (χ2n) is 8.03. The van der Waals surface area contributed by atoms with Gasteiger partial charge >= 0.3 is 12.1 Å². The number of hydrogen-bond acceptors (Lipinski definition) is 5. The average Bonchev–Trinajstić information content (AvgIpc) is 3.08. The van der Waals surface area contributed by atoms with Crippen molar-refractivity contribution in [1.29, 1.82) is 0 Å². The number of amides is 5. The fraction of sp³-hybridized carbons (Fsp3) is 0.750. The van der Waals surface area contributed by atoms with Crippen molar-refractivity contribution in [2.75, 3.05) is 67.0 Å². The lowest BCUT2D eigenvalue weighted by Crippen LogP contribution is -2.61. The van der Waals surface area contributed by atoms with Crippen LogP contribution in [0.2, 0.25) is 0 Å². The lowest BCUT2D eigenvalue weighted by molar-refractivity contribution is -0.506. The van der Waals surface area contributed by atoms with E-state index < -0.39 is 6.04 Å². The number of rotatable bonds is 6. The Bertz CT molecular complexity index is 766. The lowest BCUT2D eigenvalue weighted by Gasteiger charge is -2.37. The van der Waals surface area contributed by atoms with Crippen molar-refractivity contribution in [3.8, 4) is 0 Å². The van der Waals surface area contributed by atoms with E-state index in [1.54, 1.807) is 7.05 Å². The zero-order chi connectivity index (χ0) is 22.0.